The van der Waals surface area contributed by atoms with Crippen molar-refractivity contribution in [3.63, 3.8) is 0 Å². The van der Waals surface area contributed by atoms with Crippen LogP contribution in [0.5, 0.6) is 0 Å². The molecule has 0 amide bonds. The smallest absolute Gasteiger partial charge is 0.115 e. The molecule has 2 heteroatoms. The minimum atomic E-state index is -0.995. The third-order valence-electron chi connectivity index (χ3n) is 4.69. The van der Waals surface area contributed by atoms with Crippen LogP contribution in [-0.2, 0) is 5.60 Å². The summed E-state index contributed by atoms with van der Waals surface area (Å²) in [6.45, 7) is 7.03. The SMILES string of the molecule is C/C(=C\c1ccccc1)C(O)(c1ccccc1C)C(C)CN(C)C. The molecular weight excluding hydrogens is 294 g/mol. The Balaban J connectivity index is 2.54. The fourth-order valence-electron chi connectivity index (χ4n) is 3.46. The van der Waals surface area contributed by atoms with E-state index in [1.165, 1.54) is 0 Å². The molecule has 2 aromatic carbocycles. The molecule has 2 unspecified atom stereocenters. The Morgan fingerprint density at radius 3 is 2.25 bits per heavy atom. The molecule has 0 spiro atoms. The van der Waals surface area contributed by atoms with Crippen LogP contribution in [0.15, 0.2) is 60.2 Å². The van der Waals surface area contributed by atoms with E-state index < -0.39 is 5.60 Å². The predicted molar refractivity (Wildman–Crippen MR) is 103 cm³/mol. The van der Waals surface area contributed by atoms with E-state index in [4.69, 9.17) is 0 Å². The van der Waals surface area contributed by atoms with Crippen LogP contribution in [0, 0.1) is 12.8 Å². The Hall–Kier alpha value is -1.90. The van der Waals surface area contributed by atoms with Crippen molar-refractivity contribution in [2.75, 3.05) is 20.6 Å². The Kier molecular flexibility index (Phi) is 5.98. The zero-order valence-corrected chi connectivity index (χ0v) is 15.5. The highest BCUT2D eigenvalue weighted by atomic mass is 16.3. The Morgan fingerprint density at radius 2 is 1.67 bits per heavy atom. The van der Waals surface area contributed by atoms with Crippen molar-refractivity contribution in [2.45, 2.75) is 26.4 Å². The molecule has 0 aromatic heterocycles. The summed E-state index contributed by atoms with van der Waals surface area (Å²) in [5, 5.41) is 11.8. The number of hydrogen-bond acceptors (Lipinski definition) is 2. The fourth-order valence-corrected chi connectivity index (χ4v) is 3.46. The van der Waals surface area contributed by atoms with Gasteiger partial charge < -0.3 is 10.0 Å². The van der Waals surface area contributed by atoms with E-state index in [0.717, 1.165) is 28.8 Å². The molecule has 2 rings (SSSR count). The standard InChI is InChI=1S/C22H29NO/c1-17-11-9-10-14-21(17)22(24,19(3)16-23(4)5)18(2)15-20-12-7-6-8-13-20/h6-15,19,24H,16H2,1-5H3/b18-15+. The van der Waals surface area contributed by atoms with Gasteiger partial charge in [-0.1, -0.05) is 67.6 Å². The number of rotatable bonds is 6. The van der Waals surface area contributed by atoms with Crippen molar-refractivity contribution in [1.29, 1.82) is 0 Å². The van der Waals surface area contributed by atoms with Crippen LogP contribution in [0.4, 0.5) is 0 Å². The number of aliphatic hydroxyl groups is 1. The maximum Gasteiger partial charge on any atom is 0.115 e. The molecule has 0 saturated heterocycles. The highest BCUT2D eigenvalue weighted by Crippen LogP contribution is 2.39. The average Bonchev–Trinajstić information content (AvgIpc) is 2.54. The van der Waals surface area contributed by atoms with Crippen LogP contribution < -0.4 is 0 Å². The van der Waals surface area contributed by atoms with E-state index in [9.17, 15) is 5.11 Å². The first-order valence-electron chi connectivity index (χ1n) is 8.52. The molecule has 24 heavy (non-hydrogen) atoms. The van der Waals surface area contributed by atoms with Crippen LogP contribution in [0.1, 0.15) is 30.5 Å². The Morgan fingerprint density at radius 1 is 1.08 bits per heavy atom. The lowest BCUT2D eigenvalue weighted by molar-refractivity contribution is 0.00998. The summed E-state index contributed by atoms with van der Waals surface area (Å²) in [5.41, 5.74) is 3.19. The molecule has 0 heterocycles. The molecule has 2 nitrogen and oxygen atoms in total. The minimum absolute atomic E-state index is 0.0635. The van der Waals surface area contributed by atoms with Gasteiger partial charge in [0.1, 0.15) is 5.60 Å². The molecule has 0 bridgehead atoms. The molecule has 128 valence electrons. The largest absolute Gasteiger partial charge is 0.380 e. The molecule has 0 aliphatic rings. The van der Waals surface area contributed by atoms with E-state index in [-0.39, 0.29) is 5.92 Å². The summed E-state index contributed by atoms with van der Waals surface area (Å²) in [5.74, 6) is 0.0635. The van der Waals surface area contributed by atoms with Gasteiger partial charge in [-0.25, -0.2) is 0 Å². The minimum Gasteiger partial charge on any atom is -0.380 e. The van der Waals surface area contributed by atoms with Gasteiger partial charge in [0.05, 0.1) is 0 Å². The van der Waals surface area contributed by atoms with Crippen LogP contribution >= 0.6 is 0 Å². The van der Waals surface area contributed by atoms with Crippen LogP contribution in [0.3, 0.4) is 0 Å². The van der Waals surface area contributed by atoms with Crippen LogP contribution in [-0.4, -0.2) is 30.6 Å². The lowest BCUT2D eigenvalue weighted by Gasteiger charge is -2.38. The number of hydrogen-bond donors (Lipinski definition) is 1. The van der Waals surface area contributed by atoms with Gasteiger partial charge in [0.25, 0.3) is 0 Å². The molecule has 1 N–H and O–H groups in total. The van der Waals surface area contributed by atoms with Crippen molar-refractivity contribution >= 4 is 6.08 Å². The van der Waals surface area contributed by atoms with Crippen LogP contribution in [0.2, 0.25) is 0 Å². The average molecular weight is 323 g/mol. The summed E-state index contributed by atoms with van der Waals surface area (Å²) in [6.07, 6.45) is 2.10. The lowest BCUT2D eigenvalue weighted by atomic mass is 9.74. The number of aryl methyl sites for hydroxylation is 1. The Labute approximate surface area is 146 Å². The summed E-state index contributed by atoms with van der Waals surface area (Å²) < 4.78 is 0. The van der Waals surface area contributed by atoms with Gasteiger partial charge in [-0.2, -0.15) is 0 Å². The van der Waals surface area contributed by atoms with Crippen molar-refractivity contribution in [3.8, 4) is 0 Å². The van der Waals surface area contributed by atoms with Gasteiger partial charge in [0, 0.05) is 12.5 Å². The predicted octanol–water partition coefficient (Wildman–Crippen LogP) is 4.48. The monoisotopic (exact) mass is 323 g/mol. The summed E-state index contributed by atoms with van der Waals surface area (Å²) in [7, 11) is 4.09. The topological polar surface area (TPSA) is 23.5 Å². The second-order valence-electron chi connectivity index (χ2n) is 6.98. The molecule has 0 radical (unpaired) electrons. The number of benzene rings is 2. The van der Waals surface area contributed by atoms with E-state index in [2.05, 4.69) is 43.0 Å². The number of nitrogens with zero attached hydrogens (tertiary/aromatic N) is 1. The zero-order chi connectivity index (χ0) is 17.7. The summed E-state index contributed by atoms with van der Waals surface area (Å²) in [4.78, 5) is 2.13. The lowest BCUT2D eigenvalue weighted by Crippen LogP contribution is -2.40. The maximum atomic E-state index is 11.8. The van der Waals surface area contributed by atoms with Crippen molar-refractivity contribution < 1.29 is 5.11 Å². The normalized spacial score (nSPS) is 16.0. The second kappa shape index (κ2) is 7.78. The van der Waals surface area contributed by atoms with E-state index >= 15 is 0 Å². The van der Waals surface area contributed by atoms with Gasteiger partial charge in [-0.05, 0) is 50.2 Å². The quantitative estimate of drug-likeness (QED) is 0.847. The van der Waals surface area contributed by atoms with Crippen molar-refractivity contribution in [3.05, 3.63) is 76.9 Å². The molecule has 0 aliphatic heterocycles. The second-order valence-corrected chi connectivity index (χ2v) is 6.98. The maximum absolute atomic E-state index is 11.8. The molecule has 2 aromatic rings. The summed E-state index contributed by atoms with van der Waals surface area (Å²) >= 11 is 0. The third-order valence-corrected chi connectivity index (χ3v) is 4.69. The van der Waals surface area contributed by atoms with E-state index in [1.54, 1.807) is 0 Å². The van der Waals surface area contributed by atoms with Crippen LogP contribution in [0.25, 0.3) is 6.08 Å². The Bertz CT molecular complexity index is 690. The third kappa shape index (κ3) is 3.95. The van der Waals surface area contributed by atoms with Gasteiger partial charge in [-0.15, -0.1) is 0 Å². The molecule has 0 saturated carbocycles. The first-order valence-corrected chi connectivity index (χ1v) is 8.52. The molecule has 0 fully saturated rings. The fraction of sp³-hybridized carbons (Fsp3) is 0.364. The van der Waals surface area contributed by atoms with Gasteiger partial charge in [0.2, 0.25) is 0 Å². The summed E-state index contributed by atoms with van der Waals surface area (Å²) in [6, 6.07) is 18.3. The first-order chi connectivity index (χ1) is 11.4. The zero-order valence-electron chi connectivity index (χ0n) is 15.5. The van der Waals surface area contributed by atoms with Crippen molar-refractivity contribution in [1.82, 2.24) is 4.90 Å². The van der Waals surface area contributed by atoms with Crippen molar-refractivity contribution in [2.24, 2.45) is 5.92 Å². The van der Waals surface area contributed by atoms with E-state index in [0.29, 0.717) is 0 Å². The van der Waals surface area contributed by atoms with Gasteiger partial charge in [-0.3, -0.25) is 0 Å². The molecule has 0 aliphatic carbocycles. The van der Waals surface area contributed by atoms with E-state index in [1.807, 2.05) is 57.4 Å². The highest BCUT2D eigenvalue weighted by Gasteiger charge is 2.38. The highest BCUT2D eigenvalue weighted by molar-refractivity contribution is 5.56. The molecule has 2 atom stereocenters. The van der Waals surface area contributed by atoms with Gasteiger partial charge >= 0.3 is 0 Å². The molecular formula is C22H29NO. The first kappa shape index (κ1) is 18.4. The van der Waals surface area contributed by atoms with Gasteiger partial charge in [0.15, 0.2) is 0 Å².